The molecule has 3 aromatic carbocycles. The Morgan fingerprint density at radius 3 is 1.26 bits per heavy atom. The topological polar surface area (TPSA) is 152 Å². The number of aromatic hydroxyl groups is 2. The number of nitrogens with zero attached hydrogens (tertiary/aromatic N) is 2. The Morgan fingerprint density at radius 1 is 0.541 bits per heavy atom. The third-order valence-corrected chi connectivity index (χ3v) is 21.6. The van der Waals surface area contributed by atoms with Gasteiger partial charge < -0.3 is 29.2 Å². The predicted molar refractivity (Wildman–Crippen MR) is 263 cm³/mol. The number of carbonyl (C=O) groups is 4. The molecule has 9 fully saturated rings. The lowest BCUT2D eigenvalue weighted by atomic mass is 9.29. The maximum absolute atomic E-state index is 15.3. The molecule has 4 saturated heterocycles. The van der Waals surface area contributed by atoms with Gasteiger partial charge in [0.15, 0.2) is 0 Å². The van der Waals surface area contributed by atoms with Gasteiger partial charge in [0.05, 0.1) is 78.2 Å². The van der Waals surface area contributed by atoms with Crippen LogP contribution < -0.4 is 4.90 Å². The van der Waals surface area contributed by atoms with E-state index in [4.69, 9.17) is 18.9 Å². The summed E-state index contributed by atoms with van der Waals surface area (Å²) < 4.78 is 74.5. The van der Waals surface area contributed by atoms with Gasteiger partial charge in [-0.3, -0.25) is 24.1 Å². The van der Waals surface area contributed by atoms with Crippen LogP contribution in [0.3, 0.4) is 0 Å². The molecule has 4 amide bonds. The summed E-state index contributed by atoms with van der Waals surface area (Å²) in [5.74, 6) is -3.02. The number of aryl methyl sites for hydroxylation is 1. The normalized spacial score (nSPS) is 41.6. The molecular weight excluding hydrogens is 954 g/mol. The highest BCUT2D eigenvalue weighted by Crippen LogP contribution is 2.76. The third kappa shape index (κ3) is 6.24. The van der Waals surface area contributed by atoms with Crippen LogP contribution in [0.25, 0.3) is 0 Å². The first-order chi connectivity index (χ1) is 35.1. The van der Waals surface area contributed by atoms with Gasteiger partial charge in [0.25, 0.3) is 0 Å². The third-order valence-electron chi connectivity index (χ3n) is 21.6. The van der Waals surface area contributed by atoms with Crippen molar-refractivity contribution in [1.29, 1.82) is 0 Å². The van der Waals surface area contributed by atoms with Crippen molar-refractivity contribution in [3.8, 4) is 11.5 Å². The number of ether oxygens (including phenoxy) is 4. The second-order valence-corrected chi connectivity index (χ2v) is 24.9. The number of hydrogen-bond acceptors (Lipinski definition) is 10. The van der Waals surface area contributed by atoms with Crippen molar-refractivity contribution < 1.29 is 61.5 Å². The van der Waals surface area contributed by atoms with Gasteiger partial charge in [-0.2, -0.15) is 13.2 Å². The number of rotatable bonds is 5. The van der Waals surface area contributed by atoms with Gasteiger partial charge in [-0.15, -0.1) is 0 Å². The number of benzene rings is 3. The first-order valence-electron chi connectivity index (χ1n) is 27.2. The van der Waals surface area contributed by atoms with Gasteiger partial charge in [-0.1, -0.05) is 70.2 Å². The van der Waals surface area contributed by atoms with Crippen LogP contribution in [-0.2, 0) is 54.4 Å². The Morgan fingerprint density at radius 2 is 0.892 bits per heavy atom. The number of amides is 4. The molecule has 19 atom stereocenters. The minimum atomic E-state index is -4.84. The highest BCUT2D eigenvalue weighted by Gasteiger charge is 2.75. The molecular formula is C59H67F3N2O10. The van der Waals surface area contributed by atoms with Gasteiger partial charge in [-0.05, 0) is 147 Å². The number of anilines is 1. The second-order valence-electron chi connectivity index (χ2n) is 24.9. The minimum Gasteiger partial charge on any atom is -0.508 e. The molecule has 0 spiro atoms. The van der Waals surface area contributed by atoms with Crippen molar-refractivity contribution in [3.05, 3.63) is 88.5 Å². The van der Waals surface area contributed by atoms with Crippen molar-refractivity contribution in [1.82, 2.24) is 4.90 Å². The van der Waals surface area contributed by atoms with Crippen LogP contribution in [-0.4, -0.2) is 101 Å². The molecule has 4 aliphatic heterocycles. The van der Waals surface area contributed by atoms with Crippen LogP contribution in [0.4, 0.5) is 18.9 Å². The van der Waals surface area contributed by atoms with Crippen molar-refractivity contribution in [3.63, 3.8) is 0 Å². The average Bonchev–Trinajstić information content (AvgIpc) is 3.84. The molecule has 19 unspecified atom stereocenters. The molecule has 12 nitrogen and oxygen atoms in total. The molecule has 74 heavy (non-hydrogen) atoms. The fourth-order valence-electron chi connectivity index (χ4n) is 18.5. The van der Waals surface area contributed by atoms with Crippen LogP contribution in [0.5, 0.6) is 11.5 Å². The Labute approximate surface area is 429 Å². The first-order valence-corrected chi connectivity index (χ1v) is 27.2. The van der Waals surface area contributed by atoms with Crippen molar-refractivity contribution >= 4 is 29.3 Å². The number of alkyl halides is 3. The Hall–Kier alpha value is -4.83. The van der Waals surface area contributed by atoms with Crippen LogP contribution in [0, 0.1) is 66.1 Å². The Kier molecular flexibility index (Phi) is 10.8. The number of phenolic OH excluding ortho intramolecular Hbond substituents is 2. The summed E-state index contributed by atoms with van der Waals surface area (Å²) >= 11 is 0. The van der Waals surface area contributed by atoms with E-state index in [9.17, 15) is 29.4 Å². The SMILES string of the molecule is Cc1cc(C(C)(c2ccc(O)c(N3C(=O)C4CC5OC6CC7C(CC6OC5CC4C3=O)C3(C(C)C)c4ccccc4C7(C(C)C)C4CC5OC6CC7C(=O)N(C)C(=O)C7CC6OC5CC43)c2)C(F)(F)F)ccc1O. The number of likely N-dealkylation sites (tertiary alicyclic amines) is 1. The summed E-state index contributed by atoms with van der Waals surface area (Å²) in [6.07, 6.45) is -2.72. The number of halogens is 3. The average molecular weight is 1020 g/mol. The highest BCUT2D eigenvalue weighted by atomic mass is 19.4. The zero-order chi connectivity index (χ0) is 52.0. The number of imide groups is 2. The fourth-order valence-corrected chi connectivity index (χ4v) is 18.5. The lowest BCUT2D eigenvalue weighted by Gasteiger charge is -2.76. The van der Waals surface area contributed by atoms with E-state index < -0.39 is 53.2 Å². The zero-order valence-electron chi connectivity index (χ0n) is 43.0. The number of carbonyl (C=O) groups excluding carboxylic acids is 4. The molecule has 11 aliphatic rings. The fraction of sp³-hybridized carbons (Fsp3) is 0.627. The summed E-state index contributed by atoms with van der Waals surface area (Å²) in [4.78, 5) is 57.8. The number of fused-ring (bicyclic) bond motifs is 6. The standard InChI is InChI=1S/C59H67F3N2O10/c1-26(2)57-35-10-8-9-11-36(35)58(27(3)4,38-23-49-48(22-37(38)57)71-44-18-31-32(19-45(44)72-49)53(68)63(7)52(31)67)40-25-51-50(24-39(40)57)73-46-20-33-34(21-47(46)74-51)55(70)64(54(33)69)41-17-30(13-15-43(41)66)56(6,59(60,61)62)29-12-14-42(65)28(5)16-29/h8-17,26-27,31-34,37-40,44-51,65-66H,18-25H2,1-7H3. The maximum atomic E-state index is 15.3. The first kappa shape index (κ1) is 48.8. The Balaban J connectivity index is 0.807. The number of phenols is 2. The lowest BCUT2D eigenvalue weighted by Crippen LogP contribution is -2.76. The van der Waals surface area contributed by atoms with Crippen LogP contribution >= 0.6 is 0 Å². The molecule has 5 saturated carbocycles. The Bertz CT molecular complexity index is 2760. The highest BCUT2D eigenvalue weighted by molar-refractivity contribution is 6.22. The minimum absolute atomic E-state index is 0.119. The van der Waals surface area contributed by atoms with E-state index in [2.05, 4.69) is 52.0 Å². The molecule has 7 aliphatic carbocycles. The molecule has 394 valence electrons. The van der Waals surface area contributed by atoms with Gasteiger partial charge in [0.1, 0.15) is 16.9 Å². The van der Waals surface area contributed by atoms with E-state index >= 15 is 13.2 Å². The smallest absolute Gasteiger partial charge is 0.402 e. The molecule has 4 heterocycles. The van der Waals surface area contributed by atoms with Crippen LogP contribution in [0.2, 0.25) is 0 Å². The summed E-state index contributed by atoms with van der Waals surface area (Å²) in [5, 5.41) is 21.4. The maximum Gasteiger partial charge on any atom is 0.402 e. The van der Waals surface area contributed by atoms with E-state index in [1.807, 2.05) is 0 Å². The van der Waals surface area contributed by atoms with E-state index in [-0.39, 0.29) is 148 Å². The van der Waals surface area contributed by atoms with Gasteiger partial charge in [0, 0.05) is 17.9 Å². The second kappa shape index (κ2) is 16.3. The summed E-state index contributed by atoms with van der Waals surface area (Å²) in [6, 6.07) is 16.2. The summed E-state index contributed by atoms with van der Waals surface area (Å²) in [6.45, 7) is 12.0. The molecule has 2 bridgehead atoms. The van der Waals surface area contributed by atoms with E-state index in [1.54, 1.807) is 7.05 Å². The summed E-state index contributed by atoms with van der Waals surface area (Å²) in [7, 11) is 1.59. The van der Waals surface area contributed by atoms with Gasteiger partial charge >= 0.3 is 6.18 Å². The van der Waals surface area contributed by atoms with E-state index in [1.165, 1.54) is 41.1 Å². The van der Waals surface area contributed by atoms with Crippen molar-refractivity contribution in [2.45, 2.75) is 164 Å². The lowest BCUT2D eigenvalue weighted by molar-refractivity contribution is -0.298. The molecule has 0 aromatic heterocycles. The predicted octanol–water partition coefficient (Wildman–Crippen LogP) is 8.81. The van der Waals surface area contributed by atoms with Crippen LogP contribution in [0.15, 0.2) is 60.7 Å². The van der Waals surface area contributed by atoms with E-state index in [0.29, 0.717) is 12.8 Å². The van der Waals surface area contributed by atoms with Crippen LogP contribution in [0.1, 0.15) is 114 Å². The van der Waals surface area contributed by atoms with Gasteiger partial charge in [-0.25, -0.2) is 4.90 Å². The summed E-state index contributed by atoms with van der Waals surface area (Å²) in [5.41, 5.74) is -0.763. The largest absolute Gasteiger partial charge is 0.508 e. The van der Waals surface area contributed by atoms with Crippen molar-refractivity contribution in [2.75, 3.05) is 11.9 Å². The molecule has 2 N–H and O–H groups in total. The molecule has 14 rings (SSSR count). The molecule has 3 aromatic rings. The van der Waals surface area contributed by atoms with Crippen molar-refractivity contribution in [2.24, 2.45) is 59.2 Å². The van der Waals surface area contributed by atoms with Gasteiger partial charge in [0.2, 0.25) is 23.6 Å². The van der Waals surface area contributed by atoms with E-state index in [0.717, 1.165) is 55.7 Å². The zero-order valence-corrected chi connectivity index (χ0v) is 43.0. The molecule has 15 heteroatoms. The number of hydrogen-bond donors (Lipinski definition) is 2. The quantitative estimate of drug-likeness (QED) is 0.237. The molecule has 0 radical (unpaired) electrons. The monoisotopic (exact) mass is 1020 g/mol.